The first kappa shape index (κ1) is 12.4. The summed E-state index contributed by atoms with van der Waals surface area (Å²) in [7, 11) is 1.68. The second kappa shape index (κ2) is 4.02. The summed E-state index contributed by atoms with van der Waals surface area (Å²) in [5.74, 6) is 0.841. The Bertz CT molecular complexity index is 411. The molecule has 1 aromatic carbocycles. The maximum absolute atomic E-state index is 10.4. The zero-order chi connectivity index (χ0) is 12.7. The van der Waals surface area contributed by atoms with Crippen LogP contribution in [0.15, 0.2) is 18.2 Å². The topological polar surface area (TPSA) is 29.5 Å². The zero-order valence-corrected chi connectivity index (χ0v) is 11.2. The van der Waals surface area contributed by atoms with Crippen LogP contribution in [0.1, 0.15) is 51.2 Å². The Balaban J connectivity index is 2.46. The van der Waals surface area contributed by atoms with Gasteiger partial charge in [0.2, 0.25) is 0 Å². The minimum absolute atomic E-state index is 0.0728. The zero-order valence-electron chi connectivity index (χ0n) is 11.2. The molecule has 2 heteroatoms. The maximum Gasteiger partial charge on any atom is 0.119 e. The predicted molar refractivity (Wildman–Crippen MR) is 69.4 cm³/mol. The number of ether oxygens (including phenoxy) is 1. The normalized spacial score (nSPS) is 18.6. The van der Waals surface area contributed by atoms with Crippen molar-refractivity contribution in [2.75, 3.05) is 7.11 Å². The lowest BCUT2D eigenvalue weighted by Gasteiger charge is -2.38. The predicted octanol–water partition coefficient (Wildman–Crippen LogP) is 3.36. The van der Waals surface area contributed by atoms with Crippen molar-refractivity contribution in [3.63, 3.8) is 0 Å². The smallest absolute Gasteiger partial charge is 0.119 e. The van der Waals surface area contributed by atoms with Crippen LogP contribution < -0.4 is 4.74 Å². The largest absolute Gasteiger partial charge is 0.497 e. The highest BCUT2D eigenvalue weighted by atomic mass is 16.5. The van der Waals surface area contributed by atoms with Gasteiger partial charge in [-0.05, 0) is 47.9 Å². The highest BCUT2D eigenvalue weighted by molar-refractivity contribution is 5.41. The molecular formula is C15H22O2. The van der Waals surface area contributed by atoms with Gasteiger partial charge in [-0.15, -0.1) is 0 Å². The summed E-state index contributed by atoms with van der Waals surface area (Å²) in [6.45, 7) is 6.53. The molecule has 2 nitrogen and oxygen atoms in total. The van der Waals surface area contributed by atoms with Gasteiger partial charge >= 0.3 is 0 Å². The molecule has 0 unspecified atom stereocenters. The van der Waals surface area contributed by atoms with Gasteiger partial charge in [-0.2, -0.15) is 0 Å². The molecule has 0 aliphatic heterocycles. The first-order valence-corrected chi connectivity index (χ1v) is 6.28. The average Bonchev–Trinajstić information content (AvgIpc) is 2.24. The van der Waals surface area contributed by atoms with Crippen LogP contribution in [0.4, 0.5) is 0 Å². The number of hydrogen-bond acceptors (Lipinski definition) is 2. The quantitative estimate of drug-likeness (QED) is 0.850. The average molecular weight is 234 g/mol. The Hall–Kier alpha value is -1.02. The van der Waals surface area contributed by atoms with Crippen LogP contribution in [-0.2, 0) is 11.0 Å². The fourth-order valence-corrected chi connectivity index (χ4v) is 2.22. The number of hydrogen-bond donors (Lipinski definition) is 1. The van der Waals surface area contributed by atoms with E-state index in [-0.39, 0.29) is 5.41 Å². The molecule has 0 aromatic heterocycles. The van der Waals surface area contributed by atoms with E-state index in [1.54, 1.807) is 7.11 Å². The summed E-state index contributed by atoms with van der Waals surface area (Å²) >= 11 is 0. The Morgan fingerprint density at radius 1 is 1.18 bits per heavy atom. The molecule has 94 valence electrons. The Kier molecular flexibility index (Phi) is 2.94. The minimum atomic E-state index is -0.617. The van der Waals surface area contributed by atoms with Crippen molar-refractivity contribution in [2.24, 2.45) is 0 Å². The number of aliphatic hydroxyl groups is 1. The van der Waals surface area contributed by atoms with Crippen molar-refractivity contribution in [3.05, 3.63) is 29.3 Å². The molecule has 1 saturated carbocycles. The highest BCUT2D eigenvalue weighted by Crippen LogP contribution is 2.43. The van der Waals surface area contributed by atoms with Gasteiger partial charge in [0.25, 0.3) is 0 Å². The minimum Gasteiger partial charge on any atom is -0.497 e. The molecule has 1 N–H and O–H groups in total. The van der Waals surface area contributed by atoms with Crippen molar-refractivity contribution in [1.29, 1.82) is 0 Å². The number of rotatable bonds is 2. The lowest BCUT2D eigenvalue weighted by Crippen LogP contribution is -2.34. The molecule has 0 saturated heterocycles. The standard InChI is InChI=1S/C15H22O2/c1-14(2,3)11-8-12(10-13(9-11)17-4)15(16)6-5-7-15/h8-10,16H,5-7H2,1-4H3. The van der Waals surface area contributed by atoms with Crippen molar-refractivity contribution in [2.45, 2.75) is 51.0 Å². The first-order chi connectivity index (χ1) is 7.85. The fraction of sp³-hybridized carbons (Fsp3) is 0.600. The van der Waals surface area contributed by atoms with E-state index < -0.39 is 5.60 Å². The number of methoxy groups -OCH3 is 1. The second-order valence-electron chi connectivity index (χ2n) is 6.09. The molecule has 0 atom stereocenters. The lowest BCUT2D eigenvalue weighted by molar-refractivity contribution is -0.0390. The summed E-state index contributed by atoms with van der Waals surface area (Å²) in [5, 5.41) is 10.4. The van der Waals surface area contributed by atoms with E-state index in [4.69, 9.17) is 4.74 Å². The summed E-state index contributed by atoms with van der Waals surface area (Å²) in [6, 6.07) is 6.15. The third-order valence-electron chi connectivity index (χ3n) is 3.73. The van der Waals surface area contributed by atoms with E-state index in [1.165, 1.54) is 5.56 Å². The van der Waals surface area contributed by atoms with Gasteiger partial charge in [0.1, 0.15) is 5.75 Å². The fourth-order valence-electron chi connectivity index (χ4n) is 2.22. The number of benzene rings is 1. The van der Waals surface area contributed by atoms with Crippen LogP contribution >= 0.6 is 0 Å². The molecule has 2 rings (SSSR count). The van der Waals surface area contributed by atoms with Gasteiger partial charge in [0, 0.05) is 0 Å². The van der Waals surface area contributed by atoms with Gasteiger partial charge in [0.05, 0.1) is 12.7 Å². The lowest BCUT2D eigenvalue weighted by atomic mass is 9.73. The third-order valence-corrected chi connectivity index (χ3v) is 3.73. The van der Waals surface area contributed by atoms with E-state index in [0.717, 1.165) is 30.6 Å². The Morgan fingerprint density at radius 3 is 2.24 bits per heavy atom. The first-order valence-electron chi connectivity index (χ1n) is 6.28. The molecule has 0 radical (unpaired) electrons. The van der Waals surface area contributed by atoms with Crippen LogP contribution in [0.5, 0.6) is 5.75 Å². The van der Waals surface area contributed by atoms with Crippen molar-refractivity contribution in [1.82, 2.24) is 0 Å². The van der Waals surface area contributed by atoms with Crippen molar-refractivity contribution < 1.29 is 9.84 Å². The van der Waals surface area contributed by atoms with E-state index in [9.17, 15) is 5.11 Å². The second-order valence-corrected chi connectivity index (χ2v) is 6.09. The summed E-state index contributed by atoms with van der Waals surface area (Å²) in [6.07, 6.45) is 2.84. The van der Waals surface area contributed by atoms with Gasteiger partial charge in [-0.25, -0.2) is 0 Å². The highest BCUT2D eigenvalue weighted by Gasteiger charge is 2.37. The van der Waals surface area contributed by atoms with E-state index in [2.05, 4.69) is 32.9 Å². The molecule has 1 aromatic rings. The van der Waals surface area contributed by atoms with E-state index in [0.29, 0.717) is 0 Å². The summed E-state index contributed by atoms with van der Waals surface area (Å²) in [5.41, 5.74) is 1.68. The van der Waals surface area contributed by atoms with E-state index >= 15 is 0 Å². The van der Waals surface area contributed by atoms with Gasteiger partial charge in [-0.3, -0.25) is 0 Å². The molecule has 1 aliphatic carbocycles. The maximum atomic E-state index is 10.4. The van der Waals surface area contributed by atoms with Gasteiger partial charge in [-0.1, -0.05) is 26.8 Å². The van der Waals surface area contributed by atoms with E-state index in [1.807, 2.05) is 6.07 Å². The Morgan fingerprint density at radius 2 is 1.82 bits per heavy atom. The van der Waals surface area contributed by atoms with Crippen LogP contribution in [0, 0.1) is 0 Å². The molecule has 0 heterocycles. The molecule has 1 fully saturated rings. The summed E-state index contributed by atoms with van der Waals surface area (Å²) < 4.78 is 5.34. The molecule has 17 heavy (non-hydrogen) atoms. The Labute approximate surface area is 104 Å². The van der Waals surface area contributed by atoms with Gasteiger partial charge in [0.15, 0.2) is 0 Å². The summed E-state index contributed by atoms with van der Waals surface area (Å²) in [4.78, 5) is 0. The molecule has 1 aliphatic rings. The van der Waals surface area contributed by atoms with Crippen LogP contribution in [0.2, 0.25) is 0 Å². The van der Waals surface area contributed by atoms with Crippen molar-refractivity contribution in [3.8, 4) is 5.75 Å². The van der Waals surface area contributed by atoms with Crippen molar-refractivity contribution >= 4 is 0 Å². The molecular weight excluding hydrogens is 212 g/mol. The van der Waals surface area contributed by atoms with Crippen LogP contribution in [-0.4, -0.2) is 12.2 Å². The SMILES string of the molecule is COc1cc(C(C)(C)C)cc(C2(O)CCC2)c1. The molecule has 0 bridgehead atoms. The monoisotopic (exact) mass is 234 g/mol. The third kappa shape index (κ3) is 2.32. The van der Waals surface area contributed by atoms with Crippen LogP contribution in [0.25, 0.3) is 0 Å². The van der Waals surface area contributed by atoms with Gasteiger partial charge < -0.3 is 9.84 Å². The molecule has 0 amide bonds. The van der Waals surface area contributed by atoms with Crippen LogP contribution in [0.3, 0.4) is 0 Å². The molecule has 0 spiro atoms.